The fraction of sp³-hybridized carbons (Fsp3) is 0.500. The monoisotopic (exact) mass is 366 g/mol. The summed E-state index contributed by atoms with van der Waals surface area (Å²) < 4.78 is 0. The summed E-state index contributed by atoms with van der Waals surface area (Å²) in [6.07, 6.45) is 7.05. The molecule has 0 unspecified atom stereocenters. The molecule has 2 aromatic rings. The number of carbonyl (C=O) groups is 1. The molecule has 3 rings (SSSR count). The van der Waals surface area contributed by atoms with Crippen LogP contribution in [0.25, 0.3) is 0 Å². The minimum absolute atomic E-state index is 0.0222. The predicted molar refractivity (Wildman–Crippen MR) is 109 cm³/mol. The zero-order valence-electron chi connectivity index (χ0n) is 16.5. The Morgan fingerprint density at radius 2 is 1.93 bits per heavy atom. The van der Waals surface area contributed by atoms with Crippen molar-refractivity contribution in [2.45, 2.75) is 39.0 Å². The first kappa shape index (κ1) is 19.3. The molecule has 1 saturated heterocycles. The third-order valence-corrected chi connectivity index (χ3v) is 5.37. The van der Waals surface area contributed by atoms with E-state index in [1.807, 2.05) is 13.1 Å². The van der Waals surface area contributed by atoms with Gasteiger partial charge in [0.1, 0.15) is 17.8 Å². The number of hydrogen-bond acceptors (Lipinski definition) is 4. The molecule has 1 fully saturated rings. The summed E-state index contributed by atoms with van der Waals surface area (Å²) in [6, 6.07) is 12.6. The second-order valence-electron chi connectivity index (χ2n) is 7.46. The van der Waals surface area contributed by atoms with E-state index in [1.165, 1.54) is 11.9 Å². The zero-order chi connectivity index (χ0) is 19.1. The second-order valence-corrected chi connectivity index (χ2v) is 7.46. The third-order valence-electron chi connectivity index (χ3n) is 5.37. The fourth-order valence-corrected chi connectivity index (χ4v) is 3.64. The van der Waals surface area contributed by atoms with Gasteiger partial charge in [0.05, 0.1) is 0 Å². The van der Waals surface area contributed by atoms with Crippen LogP contribution in [0.2, 0.25) is 0 Å². The lowest BCUT2D eigenvalue weighted by molar-refractivity contribution is 0.0787. The molecule has 0 bridgehead atoms. The van der Waals surface area contributed by atoms with E-state index >= 15 is 0 Å². The van der Waals surface area contributed by atoms with Crippen molar-refractivity contribution in [1.82, 2.24) is 14.9 Å². The molecule has 5 heteroatoms. The molecule has 2 heterocycles. The molecule has 0 aliphatic carbocycles. The lowest BCUT2D eigenvalue weighted by Crippen LogP contribution is -2.35. The number of aromatic nitrogens is 2. The van der Waals surface area contributed by atoms with E-state index in [0.717, 1.165) is 57.6 Å². The molecule has 0 atom stereocenters. The van der Waals surface area contributed by atoms with Gasteiger partial charge in [0.2, 0.25) is 0 Å². The van der Waals surface area contributed by atoms with Crippen LogP contribution in [-0.4, -0.2) is 47.5 Å². The number of unbranched alkanes of at least 4 members (excludes halogenated alkanes) is 1. The Kier molecular flexibility index (Phi) is 6.80. The van der Waals surface area contributed by atoms with Crippen molar-refractivity contribution in [2.24, 2.45) is 5.92 Å². The summed E-state index contributed by atoms with van der Waals surface area (Å²) in [6.45, 7) is 4.85. The highest BCUT2D eigenvalue weighted by Gasteiger charge is 2.22. The number of hydrogen-bond donors (Lipinski definition) is 0. The van der Waals surface area contributed by atoms with Crippen LogP contribution >= 0.6 is 0 Å². The molecule has 1 aliphatic heterocycles. The highest BCUT2D eigenvalue weighted by atomic mass is 16.2. The number of anilines is 1. The number of benzene rings is 1. The van der Waals surface area contributed by atoms with Crippen LogP contribution in [0.1, 0.15) is 48.7 Å². The first-order valence-electron chi connectivity index (χ1n) is 10.0. The second kappa shape index (κ2) is 9.49. The number of rotatable bonds is 7. The molecule has 27 heavy (non-hydrogen) atoms. The quantitative estimate of drug-likeness (QED) is 0.748. The van der Waals surface area contributed by atoms with Crippen molar-refractivity contribution in [3.05, 3.63) is 54.0 Å². The summed E-state index contributed by atoms with van der Waals surface area (Å²) in [5.41, 5.74) is 1.91. The summed E-state index contributed by atoms with van der Waals surface area (Å²) >= 11 is 0. The molecule has 1 amide bonds. The molecule has 0 spiro atoms. The Balaban J connectivity index is 1.57. The Hall–Kier alpha value is -2.43. The molecular formula is C22H30N4O. The summed E-state index contributed by atoms with van der Waals surface area (Å²) in [5.74, 6) is 1.56. The Labute approximate surface area is 162 Å². The van der Waals surface area contributed by atoms with E-state index in [1.54, 1.807) is 4.90 Å². The number of carbonyl (C=O) groups excluding carboxylic acids is 1. The van der Waals surface area contributed by atoms with Gasteiger partial charge in [-0.1, -0.05) is 43.7 Å². The average Bonchev–Trinajstić information content (AvgIpc) is 2.73. The normalized spacial score (nSPS) is 15.0. The van der Waals surface area contributed by atoms with E-state index in [4.69, 9.17) is 0 Å². The van der Waals surface area contributed by atoms with Crippen molar-refractivity contribution in [1.29, 1.82) is 0 Å². The zero-order valence-corrected chi connectivity index (χ0v) is 16.5. The Bertz CT molecular complexity index is 726. The van der Waals surface area contributed by atoms with Crippen molar-refractivity contribution < 1.29 is 4.79 Å². The van der Waals surface area contributed by atoms with Gasteiger partial charge in [0.25, 0.3) is 5.91 Å². The van der Waals surface area contributed by atoms with Crippen LogP contribution in [0.15, 0.2) is 42.7 Å². The highest BCUT2D eigenvalue weighted by Crippen LogP contribution is 2.25. The van der Waals surface area contributed by atoms with Crippen molar-refractivity contribution >= 4 is 11.7 Å². The van der Waals surface area contributed by atoms with Gasteiger partial charge in [-0.15, -0.1) is 0 Å². The Morgan fingerprint density at radius 1 is 1.19 bits per heavy atom. The number of nitrogens with zero attached hydrogens (tertiary/aromatic N) is 4. The predicted octanol–water partition coefficient (Wildman–Crippen LogP) is 3.81. The van der Waals surface area contributed by atoms with Crippen LogP contribution in [0.4, 0.5) is 5.82 Å². The van der Waals surface area contributed by atoms with Crippen molar-refractivity contribution in [2.75, 3.05) is 31.6 Å². The van der Waals surface area contributed by atoms with Crippen LogP contribution in [-0.2, 0) is 6.42 Å². The summed E-state index contributed by atoms with van der Waals surface area (Å²) in [4.78, 5) is 25.2. The summed E-state index contributed by atoms with van der Waals surface area (Å²) in [7, 11) is 1.84. The SMILES string of the molecule is CCCCN(C)C(=O)c1cc(N2CCC(Cc3ccccc3)CC2)ncn1. The van der Waals surface area contributed by atoms with Crippen LogP contribution < -0.4 is 4.90 Å². The maximum atomic E-state index is 12.6. The Morgan fingerprint density at radius 3 is 2.63 bits per heavy atom. The maximum Gasteiger partial charge on any atom is 0.272 e. The van der Waals surface area contributed by atoms with E-state index in [9.17, 15) is 4.79 Å². The molecular weight excluding hydrogens is 336 g/mol. The lowest BCUT2D eigenvalue weighted by atomic mass is 9.90. The van der Waals surface area contributed by atoms with Gasteiger partial charge >= 0.3 is 0 Å². The topological polar surface area (TPSA) is 49.3 Å². The van der Waals surface area contributed by atoms with Gasteiger partial charge in [-0.25, -0.2) is 9.97 Å². The first-order valence-corrected chi connectivity index (χ1v) is 10.0. The average molecular weight is 367 g/mol. The maximum absolute atomic E-state index is 12.6. The van der Waals surface area contributed by atoms with Crippen LogP contribution in [0, 0.1) is 5.92 Å². The first-order chi connectivity index (χ1) is 13.2. The lowest BCUT2D eigenvalue weighted by Gasteiger charge is -2.33. The standard InChI is InChI=1S/C22H30N4O/c1-3-4-12-25(2)22(27)20-16-21(24-17-23-20)26-13-10-19(11-14-26)15-18-8-6-5-7-9-18/h5-9,16-17,19H,3-4,10-15H2,1-2H3. The fourth-order valence-electron chi connectivity index (χ4n) is 3.64. The van der Waals surface area contributed by atoms with Gasteiger partial charge in [0, 0.05) is 32.7 Å². The number of amides is 1. The molecule has 1 aromatic heterocycles. The van der Waals surface area contributed by atoms with Crippen LogP contribution in [0.5, 0.6) is 0 Å². The molecule has 5 nitrogen and oxygen atoms in total. The van der Waals surface area contributed by atoms with Gasteiger partial charge in [-0.05, 0) is 37.2 Å². The summed E-state index contributed by atoms with van der Waals surface area (Å²) in [5, 5.41) is 0. The van der Waals surface area contributed by atoms with E-state index in [0.29, 0.717) is 11.6 Å². The molecule has 0 N–H and O–H groups in total. The minimum Gasteiger partial charge on any atom is -0.356 e. The van der Waals surface area contributed by atoms with Crippen molar-refractivity contribution in [3.63, 3.8) is 0 Å². The largest absolute Gasteiger partial charge is 0.356 e. The molecule has 0 radical (unpaired) electrons. The minimum atomic E-state index is -0.0222. The van der Waals surface area contributed by atoms with E-state index in [-0.39, 0.29) is 5.91 Å². The van der Waals surface area contributed by atoms with Crippen LogP contribution in [0.3, 0.4) is 0 Å². The van der Waals surface area contributed by atoms with Gasteiger partial charge < -0.3 is 9.80 Å². The number of piperidine rings is 1. The van der Waals surface area contributed by atoms with Crippen molar-refractivity contribution in [3.8, 4) is 0 Å². The molecule has 1 aromatic carbocycles. The van der Waals surface area contributed by atoms with Gasteiger partial charge in [0.15, 0.2) is 0 Å². The van der Waals surface area contributed by atoms with E-state index in [2.05, 4.69) is 52.1 Å². The molecule has 144 valence electrons. The van der Waals surface area contributed by atoms with E-state index < -0.39 is 0 Å². The highest BCUT2D eigenvalue weighted by molar-refractivity contribution is 5.92. The molecule has 0 saturated carbocycles. The smallest absolute Gasteiger partial charge is 0.272 e. The van der Waals surface area contributed by atoms with Gasteiger partial charge in [-0.2, -0.15) is 0 Å². The van der Waals surface area contributed by atoms with Gasteiger partial charge in [-0.3, -0.25) is 4.79 Å². The third kappa shape index (κ3) is 5.28. The molecule has 1 aliphatic rings.